The molecule has 0 bridgehead atoms. The zero-order chi connectivity index (χ0) is 10.4. The van der Waals surface area contributed by atoms with Gasteiger partial charge in [-0.1, -0.05) is 34.9 Å². The summed E-state index contributed by atoms with van der Waals surface area (Å²) in [5.74, 6) is 0.616. The van der Waals surface area contributed by atoms with Gasteiger partial charge in [0.2, 0.25) is 6.33 Å². The lowest BCUT2D eigenvalue weighted by atomic mass is 10.4. The summed E-state index contributed by atoms with van der Waals surface area (Å²) in [6.07, 6.45) is 8.80. The van der Waals surface area contributed by atoms with Crippen molar-refractivity contribution in [2.24, 2.45) is 0 Å². The second-order valence-electron chi connectivity index (χ2n) is 2.67. The Hall–Kier alpha value is -1.97. The van der Waals surface area contributed by atoms with Crippen molar-refractivity contribution in [2.45, 2.75) is 6.92 Å². The molecule has 0 amide bonds. The Labute approximate surface area is 83.0 Å². The predicted molar refractivity (Wildman–Crippen MR) is 56.5 cm³/mol. The average molecular weight is 189 g/mol. The Morgan fingerprint density at radius 1 is 1.57 bits per heavy atom. The minimum Gasteiger partial charge on any atom is -0.212 e. The minimum atomic E-state index is 0.616. The fourth-order valence-corrected chi connectivity index (χ4v) is 0.859. The summed E-state index contributed by atoms with van der Waals surface area (Å²) in [5, 5.41) is 6.47. The number of aromatic nitrogens is 3. The number of nitrogens with one attached hydrogen (secondary N) is 1. The predicted octanol–water partition coefficient (Wildman–Crippen LogP) is 1.80. The summed E-state index contributed by atoms with van der Waals surface area (Å²) in [5.41, 5.74) is 0.958. The van der Waals surface area contributed by atoms with Gasteiger partial charge in [-0.05, 0) is 13.0 Å². The number of hydrogen-bond donors (Lipinski definition) is 1. The van der Waals surface area contributed by atoms with Crippen LogP contribution in [0.4, 0.5) is 5.95 Å². The molecule has 72 valence electrons. The fraction of sp³-hybridized carbons (Fsp3) is 0.100. The zero-order valence-electron chi connectivity index (χ0n) is 8.14. The van der Waals surface area contributed by atoms with Gasteiger partial charge in [0, 0.05) is 6.72 Å². The summed E-state index contributed by atoms with van der Waals surface area (Å²) in [7, 11) is 0. The summed E-state index contributed by atoms with van der Waals surface area (Å²) in [6.45, 7) is 9.34. The van der Waals surface area contributed by atoms with Crippen molar-refractivity contribution in [2.75, 3.05) is 0 Å². The molecule has 0 unspecified atom stereocenters. The topological polar surface area (TPSA) is 44.6 Å². The first kappa shape index (κ1) is 10.1. The van der Waals surface area contributed by atoms with Crippen LogP contribution in [0.3, 0.4) is 0 Å². The lowest BCUT2D eigenvalue weighted by molar-refractivity contribution is -0.382. The normalized spacial score (nSPS) is 11.9. The molecule has 4 heteroatoms. The van der Waals surface area contributed by atoms with E-state index in [4.69, 9.17) is 0 Å². The second kappa shape index (κ2) is 4.91. The molecule has 0 aromatic carbocycles. The molecule has 1 aromatic heterocycles. The van der Waals surface area contributed by atoms with E-state index in [2.05, 4.69) is 28.5 Å². The van der Waals surface area contributed by atoms with Gasteiger partial charge in [0.05, 0.1) is 5.70 Å². The van der Waals surface area contributed by atoms with E-state index in [1.807, 2.05) is 25.2 Å². The number of hydrogen-bond acceptors (Lipinski definition) is 2. The van der Waals surface area contributed by atoms with Crippen molar-refractivity contribution >= 4 is 12.7 Å². The van der Waals surface area contributed by atoms with Gasteiger partial charge in [-0.3, -0.25) is 0 Å². The summed E-state index contributed by atoms with van der Waals surface area (Å²) >= 11 is 0. The van der Waals surface area contributed by atoms with E-state index in [0.717, 1.165) is 5.70 Å². The summed E-state index contributed by atoms with van der Waals surface area (Å²) in [4.78, 5) is 3.98. The molecule has 0 atom stereocenters. The van der Waals surface area contributed by atoms with Crippen molar-refractivity contribution in [1.29, 1.82) is 0 Å². The maximum Gasteiger partial charge on any atom is 0.421 e. The molecule has 1 heterocycles. The summed E-state index contributed by atoms with van der Waals surface area (Å²) in [6, 6.07) is 0. The molecule has 4 nitrogen and oxygen atoms in total. The molecule has 0 spiro atoms. The van der Waals surface area contributed by atoms with Crippen molar-refractivity contribution in [3.8, 4) is 0 Å². The second-order valence-corrected chi connectivity index (χ2v) is 2.67. The largest absolute Gasteiger partial charge is 0.421 e. The molecule has 14 heavy (non-hydrogen) atoms. The molecule has 0 aliphatic heterocycles. The first-order valence-corrected chi connectivity index (χ1v) is 4.17. The smallest absolute Gasteiger partial charge is 0.212 e. The third-order valence-electron chi connectivity index (χ3n) is 1.67. The van der Waals surface area contributed by atoms with Crippen molar-refractivity contribution in [3.05, 3.63) is 42.9 Å². The van der Waals surface area contributed by atoms with Crippen LogP contribution in [-0.2, 0) is 0 Å². The number of nitrogens with zero attached hydrogens (tertiary/aromatic N) is 3. The Kier molecular flexibility index (Phi) is 3.55. The van der Waals surface area contributed by atoms with Crippen LogP contribution in [-0.4, -0.2) is 26.5 Å². The molecule has 0 aliphatic rings. The quantitative estimate of drug-likeness (QED) is 0.446. The molecular weight excluding hydrogens is 176 g/mol. The van der Waals surface area contributed by atoms with Gasteiger partial charge in [0.1, 0.15) is 0 Å². The Morgan fingerprint density at radius 3 is 2.93 bits per heavy atom. The van der Waals surface area contributed by atoms with Crippen LogP contribution in [0.15, 0.2) is 42.9 Å². The van der Waals surface area contributed by atoms with Gasteiger partial charge < -0.3 is 0 Å². The first-order valence-electron chi connectivity index (χ1n) is 4.17. The van der Waals surface area contributed by atoms with E-state index in [-0.39, 0.29) is 0 Å². The maximum absolute atomic E-state index is 3.98. The fourth-order valence-electron chi connectivity index (χ4n) is 0.859. The Bertz CT molecular complexity index is 371. The van der Waals surface area contributed by atoms with E-state index in [9.17, 15) is 0 Å². The molecule has 1 aromatic rings. The van der Waals surface area contributed by atoms with Gasteiger partial charge >= 0.3 is 5.95 Å². The zero-order valence-corrected chi connectivity index (χ0v) is 8.14. The number of allylic oxidation sites excluding steroid dienone is 5. The molecule has 0 saturated heterocycles. The van der Waals surface area contributed by atoms with Crippen LogP contribution in [0.25, 0.3) is 0 Å². The van der Waals surface area contributed by atoms with E-state index >= 15 is 0 Å². The van der Waals surface area contributed by atoms with Gasteiger partial charge in [0.15, 0.2) is 0 Å². The van der Waals surface area contributed by atoms with Crippen LogP contribution in [0.2, 0.25) is 0 Å². The van der Waals surface area contributed by atoms with Crippen molar-refractivity contribution in [1.82, 2.24) is 15.2 Å². The molecule has 1 rings (SSSR count). The standard InChI is InChI=1S/C10H13N4/c1-4-5-6-7-9(2)14(3)10-11-8-12-13-10/h4-8H,1,3H2,2H3,(H,11,12,13)/q+1. The maximum atomic E-state index is 3.98. The molecule has 1 N–H and O–H groups in total. The number of H-pyrrole nitrogens is 1. The van der Waals surface area contributed by atoms with Crippen molar-refractivity contribution in [3.63, 3.8) is 0 Å². The third-order valence-corrected chi connectivity index (χ3v) is 1.67. The van der Waals surface area contributed by atoms with Crippen LogP contribution >= 0.6 is 0 Å². The van der Waals surface area contributed by atoms with E-state index in [1.165, 1.54) is 6.33 Å². The molecule has 0 saturated carbocycles. The van der Waals surface area contributed by atoms with Gasteiger partial charge in [-0.15, -0.1) is 0 Å². The third kappa shape index (κ3) is 2.52. The highest BCUT2D eigenvalue weighted by Crippen LogP contribution is 2.06. The number of aromatic amines is 1. The van der Waals surface area contributed by atoms with E-state index in [1.54, 1.807) is 10.7 Å². The highest BCUT2D eigenvalue weighted by atomic mass is 15.3. The van der Waals surface area contributed by atoms with Crippen molar-refractivity contribution < 1.29 is 4.58 Å². The lowest BCUT2D eigenvalue weighted by Crippen LogP contribution is -2.00. The Morgan fingerprint density at radius 2 is 2.36 bits per heavy atom. The van der Waals surface area contributed by atoms with Gasteiger partial charge in [-0.25, -0.2) is 4.58 Å². The molecule has 0 radical (unpaired) electrons. The van der Waals surface area contributed by atoms with Crippen LogP contribution < -0.4 is 0 Å². The van der Waals surface area contributed by atoms with Crippen LogP contribution in [0, 0.1) is 0 Å². The van der Waals surface area contributed by atoms with Crippen LogP contribution in [0.5, 0.6) is 0 Å². The minimum absolute atomic E-state index is 0.616. The monoisotopic (exact) mass is 189 g/mol. The first-order chi connectivity index (χ1) is 6.75. The molecule has 0 fully saturated rings. The highest BCUT2D eigenvalue weighted by Gasteiger charge is 2.08. The van der Waals surface area contributed by atoms with E-state index < -0.39 is 0 Å². The number of rotatable bonds is 4. The average Bonchev–Trinajstić information content (AvgIpc) is 2.69. The van der Waals surface area contributed by atoms with Gasteiger partial charge in [-0.2, -0.15) is 5.10 Å². The van der Waals surface area contributed by atoms with E-state index in [0.29, 0.717) is 5.95 Å². The van der Waals surface area contributed by atoms with Crippen LogP contribution in [0.1, 0.15) is 6.92 Å². The SMILES string of the molecule is C=CC=CC=C(C)[N+](=C)c1ncn[nH]1. The molecule has 0 aliphatic carbocycles. The Balaban J connectivity index is 2.75. The van der Waals surface area contributed by atoms with Gasteiger partial charge in [0.25, 0.3) is 0 Å². The lowest BCUT2D eigenvalue weighted by Gasteiger charge is -1.97. The summed E-state index contributed by atoms with van der Waals surface area (Å²) < 4.78 is 1.67. The molecular formula is C10H13N4+. The highest BCUT2D eigenvalue weighted by molar-refractivity contribution is 5.24.